The van der Waals surface area contributed by atoms with Crippen LogP contribution in [-0.4, -0.2) is 44.9 Å². The first-order valence-electron chi connectivity index (χ1n) is 9.13. The van der Waals surface area contributed by atoms with Gasteiger partial charge in [-0.1, -0.05) is 0 Å². The molecule has 1 amide bonds. The molecule has 0 spiro atoms. The number of Topliss-reactive ketones (excluding diaryl/α,β-unsaturated/α-hetero) is 1. The average molecular weight is 357 g/mol. The Balaban J connectivity index is 1.75. The first-order valence-corrected chi connectivity index (χ1v) is 9.13. The van der Waals surface area contributed by atoms with Crippen LogP contribution in [0.4, 0.5) is 4.79 Å². The van der Waals surface area contributed by atoms with E-state index in [9.17, 15) is 9.59 Å². The van der Waals surface area contributed by atoms with Gasteiger partial charge in [-0.15, -0.1) is 0 Å². The number of piperidine rings is 1. The number of pyridine rings is 1. The third-order valence-corrected chi connectivity index (χ3v) is 4.91. The van der Waals surface area contributed by atoms with Gasteiger partial charge in [0.2, 0.25) is 0 Å². The number of aromatic amines is 1. The summed E-state index contributed by atoms with van der Waals surface area (Å²) in [4.78, 5) is 34.6. The number of likely N-dealkylation sites (tertiary alicyclic amines) is 1. The lowest BCUT2D eigenvalue weighted by atomic mass is 9.85. The highest BCUT2D eigenvalue weighted by Crippen LogP contribution is 2.31. The van der Waals surface area contributed by atoms with Crippen molar-refractivity contribution in [1.29, 1.82) is 0 Å². The number of carbonyl (C=O) groups is 2. The lowest BCUT2D eigenvalue weighted by molar-refractivity contribution is 0.00736. The molecule has 2 aromatic heterocycles. The molecule has 0 aromatic carbocycles. The summed E-state index contributed by atoms with van der Waals surface area (Å²) in [5.74, 6) is 0.0604. The summed E-state index contributed by atoms with van der Waals surface area (Å²) in [5, 5.41) is 0.921. The summed E-state index contributed by atoms with van der Waals surface area (Å²) in [6.07, 6.45) is 4.45. The molecule has 0 saturated carbocycles. The van der Waals surface area contributed by atoms with Crippen molar-refractivity contribution in [1.82, 2.24) is 14.9 Å². The first-order chi connectivity index (χ1) is 12.2. The van der Waals surface area contributed by atoms with E-state index in [1.165, 1.54) is 0 Å². The summed E-state index contributed by atoms with van der Waals surface area (Å²) in [6.45, 7) is 10.0. The number of hydrogen-bond acceptors (Lipinski definition) is 4. The van der Waals surface area contributed by atoms with Gasteiger partial charge in [0.1, 0.15) is 5.60 Å². The van der Waals surface area contributed by atoms with Crippen LogP contribution in [-0.2, 0) is 4.74 Å². The van der Waals surface area contributed by atoms with Gasteiger partial charge in [0.25, 0.3) is 0 Å². The third kappa shape index (κ3) is 3.59. The lowest BCUT2D eigenvalue weighted by Crippen LogP contribution is -2.48. The van der Waals surface area contributed by atoms with E-state index in [0.717, 1.165) is 22.2 Å². The number of carbonyl (C=O) groups excluding carboxylic acids is 2. The van der Waals surface area contributed by atoms with Crippen LogP contribution in [0.1, 0.15) is 56.6 Å². The Morgan fingerprint density at radius 2 is 2.08 bits per heavy atom. The fourth-order valence-electron chi connectivity index (χ4n) is 3.70. The smallest absolute Gasteiger partial charge is 0.410 e. The zero-order valence-corrected chi connectivity index (χ0v) is 16.1. The molecule has 1 N–H and O–H groups in total. The molecule has 6 heteroatoms. The Kier molecular flexibility index (Phi) is 4.78. The number of H-pyrrole nitrogens is 1. The Bertz CT molecular complexity index is 834. The predicted molar refractivity (Wildman–Crippen MR) is 100 cm³/mol. The van der Waals surface area contributed by atoms with Crippen molar-refractivity contribution < 1.29 is 14.3 Å². The number of aromatic nitrogens is 2. The van der Waals surface area contributed by atoms with Crippen LogP contribution in [0.25, 0.3) is 10.9 Å². The van der Waals surface area contributed by atoms with Crippen molar-refractivity contribution in [3.8, 4) is 0 Å². The van der Waals surface area contributed by atoms with Gasteiger partial charge in [-0.3, -0.25) is 9.78 Å². The number of nitrogens with zero attached hydrogens (tertiary/aromatic N) is 2. The standard InChI is InChI=1S/C20H27N3O3/c1-12-10-14(7-9-23(12)19(25)26-20(3,4)5)18(24)17-13(2)22-16-11-21-8-6-15(16)17/h6,8,11-12,14,22H,7,9-10H2,1-5H3/t12-,14+/m1/s1. The van der Waals surface area contributed by atoms with Crippen LogP contribution >= 0.6 is 0 Å². The maximum atomic E-state index is 13.2. The number of fused-ring (bicyclic) bond motifs is 1. The molecular weight excluding hydrogens is 330 g/mol. The predicted octanol–water partition coefficient (Wildman–Crippen LogP) is 4.09. The minimum atomic E-state index is -0.515. The largest absolute Gasteiger partial charge is 0.444 e. The lowest BCUT2D eigenvalue weighted by Gasteiger charge is -2.37. The van der Waals surface area contributed by atoms with Crippen molar-refractivity contribution in [2.24, 2.45) is 5.92 Å². The molecule has 6 nitrogen and oxygen atoms in total. The quantitative estimate of drug-likeness (QED) is 0.822. The highest BCUT2D eigenvalue weighted by atomic mass is 16.6. The van der Waals surface area contributed by atoms with Gasteiger partial charge >= 0.3 is 6.09 Å². The molecule has 1 aliphatic heterocycles. The summed E-state index contributed by atoms with van der Waals surface area (Å²) < 4.78 is 5.48. The number of ether oxygens (including phenoxy) is 1. The van der Waals surface area contributed by atoms with Crippen LogP contribution in [0.2, 0.25) is 0 Å². The van der Waals surface area contributed by atoms with Crippen LogP contribution in [0.3, 0.4) is 0 Å². The highest BCUT2D eigenvalue weighted by Gasteiger charge is 2.35. The van der Waals surface area contributed by atoms with Crippen molar-refractivity contribution in [2.45, 2.75) is 59.1 Å². The van der Waals surface area contributed by atoms with Gasteiger partial charge in [-0.2, -0.15) is 0 Å². The molecule has 0 radical (unpaired) electrons. The fraction of sp³-hybridized carbons (Fsp3) is 0.550. The summed E-state index contributed by atoms with van der Waals surface area (Å²) in [5.41, 5.74) is 2.00. The second-order valence-electron chi connectivity index (χ2n) is 8.15. The van der Waals surface area contributed by atoms with E-state index >= 15 is 0 Å². The molecule has 2 aromatic rings. The van der Waals surface area contributed by atoms with Crippen LogP contribution in [0, 0.1) is 12.8 Å². The minimum Gasteiger partial charge on any atom is -0.444 e. The van der Waals surface area contributed by atoms with E-state index in [1.807, 2.05) is 40.7 Å². The van der Waals surface area contributed by atoms with Gasteiger partial charge in [0, 0.05) is 41.3 Å². The monoisotopic (exact) mass is 357 g/mol. The Labute approximate surface area is 153 Å². The molecule has 0 aliphatic carbocycles. The second kappa shape index (κ2) is 6.74. The van der Waals surface area contributed by atoms with Gasteiger partial charge in [-0.05, 0) is 53.5 Å². The summed E-state index contributed by atoms with van der Waals surface area (Å²) in [7, 11) is 0. The number of hydrogen-bond donors (Lipinski definition) is 1. The van der Waals surface area contributed by atoms with E-state index in [4.69, 9.17) is 4.74 Å². The van der Waals surface area contributed by atoms with Crippen LogP contribution < -0.4 is 0 Å². The summed E-state index contributed by atoms with van der Waals surface area (Å²) in [6, 6.07) is 1.85. The fourth-order valence-corrected chi connectivity index (χ4v) is 3.70. The molecule has 3 rings (SSSR count). The maximum Gasteiger partial charge on any atom is 0.410 e. The molecule has 3 heterocycles. The SMILES string of the molecule is Cc1[nH]c2cnccc2c1C(=O)[C@H]1CCN(C(=O)OC(C)(C)C)[C@H](C)C1. The average Bonchev–Trinajstić information content (AvgIpc) is 2.88. The van der Waals surface area contributed by atoms with Gasteiger partial charge in [-0.25, -0.2) is 4.79 Å². The molecule has 26 heavy (non-hydrogen) atoms. The Morgan fingerprint density at radius 1 is 1.35 bits per heavy atom. The zero-order chi connectivity index (χ0) is 19.1. The number of rotatable bonds is 2. The van der Waals surface area contributed by atoms with Gasteiger partial charge in [0.15, 0.2) is 5.78 Å². The molecule has 1 fully saturated rings. The van der Waals surface area contributed by atoms with Crippen molar-refractivity contribution in [2.75, 3.05) is 6.54 Å². The number of ketones is 1. The third-order valence-electron chi connectivity index (χ3n) is 4.91. The van der Waals surface area contributed by atoms with Crippen LogP contribution in [0.5, 0.6) is 0 Å². The van der Waals surface area contributed by atoms with E-state index in [-0.39, 0.29) is 23.8 Å². The molecule has 0 bridgehead atoms. The van der Waals surface area contributed by atoms with E-state index in [1.54, 1.807) is 17.3 Å². The first kappa shape index (κ1) is 18.4. The molecular formula is C20H27N3O3. The summed E-state index contributed by atoms with van der Waals surface area (Å²) >= 11 is 0. The van der Waals surface area contributed by atoms with Crippen molar-refractivity contribution >= 4 is 22.8 Å². The van der Waals surface area contributed by atoms with E-state index < -0.39 is 5.60 Å². The van der Waals surface area contributed by atoms with Gasteiger partial charge in [0.05, 0.1) is 11.7 Å². The normalized spacial score (nSPS) is 21.0. The highest BCUT2D eigenvalue weighted by molar-refractivity contribution is 6.10. The number of amides is 1. The van der Waals surface area contributed by atoms with Gasteiger partial charge < -0.3 is 14.6 Å². The molecule has 0 unspecified atom stereocenters. The molecule has 1 saturated heterocycles. The van der Waals surface area contributed by atoms with E-state index in [0.29, 0.717) is 19.4 Å². The maximum absolute atomic E-state index is 13.2. The van der Waals surface area contributed by atoms with Crippen molar-refractivity contribution in [3.05, 3.63) is 29.7 Å². The second-order valence-corrected chi connectivity index (χ2v) is 8.15. The molecule has 2 atom stereocenters. The minimum absolute atomic E-state index is 0.0280. The number of aryl methyl sites for hydroxylation is 1. The van der Waals surface area contributed by atoms with E-state index in [2.05, 4.69) is 9.97 Å². The Hall–Kier alpha value is -2.37. The Morgan fingerprint density at radius 3 is 2.73 bits per heavy atom. The zero-order valence-electron chi connectivity index (χ0n) is 16.1. The number of nitrogens with one attached hydrogen (secondary N) is 1. The molecule has 140 valence electrons. The van der Waals surface area contributed by atoms with Crippen molar-refractivity contribution in [3.63, 3.8) is 0 Å². The van der Waals surface area contributed by atoms with Crippen LogP contribution in [0.15, 0.2) is 18.5 Å². The topological polar surface area (TPSA) is 75.3 Å². The molecule has 1 aliphatic rings.